The molecule has 2 atom stereocenters. The molecule has 17 heavy (non-hydrogen) atoms. The Labute approximate surface area is 95.4 Å². The normalized spacial score (nSPS) is 22.9. The molecule has 0 spiro atoms. The van der Waals surface area contributed by atoms with Crippen LogP contribution in [0.25, 0.3) is 0 Å². The van der Waals surface area contributed by atoms with Crippen molar-refractivity contribution >= 4 is 5.84 Å². The Morgan fingerprint density at radius 1 is 1.65 bits per heavy atom. The maximum absolute atomic E-state index is 12.6. The Balaban J connectivity index is 2.96. The Bertz CT molecular complexity index is 363. The SMILES string of the molecule is COC(C1=CC(/C(N)=N\O)NC=C1)C(F)(F)F. The number of methoxy groups -OCH3 is 1. The van der Waals surface area contributed by atoms with Crippen molar-refractivity contribution in [3.05, 3.63) is 23.9 Å². The molecule has 1 aliphatic heterocycles. The third-order valence-electron chi connectivity index (χ3n) is 2.18. The number of amidine groups is 1. The van der Waals surface area contributed by atoms with E-state index in [2.05, 4.69) is 15.2 Å². The molecule has 0 bridgehead atoms. The average Bonchev–Trinajstić information content (AvgIpc) is 2.27. The lowest BCUT2D eigenvalue weighted by Gasteiger charge is -2.24. The maximum Gasteiger partial charge on any atom is 0.418 e. The quantitative estimate of drug-likeness (QED) is 0.299. The molecule has 0 aromatic carbocycles. The highest BCUT2D eigenvalue weighted by Gasteiger charge is 2.42. The maximum atomic E-state index is 12.6. The third-order valence-corrected chi connectivity index (χ3v) is 2.18. The van der Waals surface area contributed by atoms with Crippen LogP contribution in [0.1, 0.15) is 0 Å². The first-order valence-corrected chi connectivity index (χ1v) is 4.61. The van der Waals surface area contributed by atoms with Crippen molar-refractivity contribution in [2.75, 3.05) is 7.11 Å². The summed E-state index contributed by atoms with van der Waals surface area (Å²) in [4.78, 5) is 0. The number of nitrogens with one attached hydrogen (secondary N) is 1. The lowest BCUT2D eigenvalue weighted by Crippen LogP contribution is -2.41. The molecule has 5 nitrogen and oxygen atoms in total. The van der Waals surface area contributed by atoms with Crippen molar-refractivity contribution in [3.63, 3.8) is 0 Å². The van der Waals surface area contributed by atoms with Gasteiger partial charge in [0.05, 0.1) is 0 Å². The highest BCUT2D eigenvalue weighted by atomic mass is 19.4. The lowest BCUT2D eigenvalue weighted by molar-refractivity contribution is -0.199. The predicted octanol–water partition coefficient (Wildman–Crippen LogP) is 0.722. The summed E-state index contributed by atoms with van der Waals surface area (Å²) < 4.78 is 42.2. The predicted molar refractivity (Wildman–Crippen MR) is 54.4 cm³/mol. The van der Waals surface area contributed by atoms with E-state index in [4.69, 9.17) is 10.9 Å². The van der Waals surface area contributed by atoms with E-state index < -0.39 is 18.3 Å². The molecule has 2 unspecified atom stereocenters. The summed E-state index contributed by atoms with van der Waals surface area (Å²) in [5.74, 6) is -0.233. The molecule has 96 valence electrons. The molecule has 0 radical (unpaired) electrons. The number of nitrogens with zero attached hydrogens (tertiary/aromatic N) is 1. The molecule has 0 aromatic heterocycles. The highest BCUT2D eigenvalue weighted by molar-refractivity contribution is 5.87. The van der Waals surface area contributed by atoms with Gasteiger partial charge in [0, 0.05) is 7.11 Å². The van der Waals surface area contributed by atoms with Gasteiger partial charge in [-0.15, -0.1) is 0 Å². The van der Waals surface area contributed by atoms with Crippen LogP contribution in [0.4, 0.5) is 13.2 Å². The van der Waals surface area contributed by atoms with Gasteiger partial charge in [0.15, 0.2) is 11.9 Å². The van der Waals surface area contributed by atoms with Gasteiger partial charge in [-0.1, -0.05) is 5.16 Å². The van der Waals surface area contributed by atoms with Crippen LogP contribution in [-0.4, -0.2) is 36.5 Å². The summed E-state index contributed by atoms with van der Waals surface area (Å²) in [7, 11) is 0.966. The molecular formula is C9H12F3N3O2. The number of rotatable bonds is 3. The molecule has 0 saturated carbocycles. The summed E-state index contributed by atoms with van der Waals surface area (Å²) in [5, 5.41) is 13.8. The lowest BCUT2D eigenvalue weighted by atomic mass is 10.0. The fraction of sp³-hybridized carbons (Fsp3) is 0.444. The van der Waals surface area contributed by atoms with Gasteiger partial charge in [0.1, 0.15) is 6.04 Å². The molecule has 0 aromatic rings. The first-order chi connectivity index (χ1) is 7.90. The van der Waals surface area contributed by atoms with Crippen LogP contribution in [0.15, 0.2) is 29.1 Å². The fourth-order valence-electron chi connectivity index (χ4n) is 1.41. The van der Waals surface area contributed by atoms with Crippen molar-refractivity contribution < 1.29 is 23.1 Å². The van der Waals surface area contributed by atoms with Crippen LogP contribution >= 0.6 is 0 Å². The topological polar surface area (TPSA) is 79.9 Å². The Hall–Kier alpha value is -1.70. The van der Waals surface area contributed by atoms with E-state index in [9.17, 15) is 13.2 Å². The number of nitrogens with two attached hydrogens (primary N) is 1. The number of hydrogen-bond acceptors (Lipinski definition) is 4. The number of dihydropyridines is 1. The molecular weight excluding hydrogens is 239 g/mol. The van der Waals surface area contributed by atoms with Gasteiger partial charge in [-0.2, -0.15) is 13.2 Å². The number of alkyl halides is 3. The second kappa shape index (κ2) is 5.09. The van der Waals surface area contributed by atoms with E-state index in [1.165, 1.54) is 18.4 Å². The van der Waals surface area contributed by atoms with E-state index in [1.807, 2.05) is 0 Å². The standard InChI is InChI=1S/C9H12F3N3O2/c1-17-7(9(10,11)12)5-2-3-14-6(4-5)8(13)15-16/h2-4,6-7,14,16H,1H3,(H2,13,15). The van der Waals surface area contributed by atoms with Crippen LogP contribution in [0.3, 0.4) is 0 Å². The summed E-state index contributed by atoms with van der Waals surface area (Å²) in [6.45, 7) is 0. The van der Waals surface area contributed by atoms with Crippen molar-refractivity contribution in [3.8, 4) is 0 Å². The minimum atomic E-state index is -4.52. The average molecular weight is 251 g/mol. The first kappa shape index (κ1) is 13.4. The zero-order chi connectivity index (χ0) is 13.1. The number of oxime groups is 1. The second-order valence-corrected chi connectivity index (χ2v) is 3.33. The second-order valence-electron chi connectivity index (χ2n) is 3.33. The monoisotopic (exact) mass is 251 g/mol. The Morgan fingerprint density at radius 2 is 2.29 bits per heavy atom. The van der Waals surface area contributed by atoms with Gasteiger partial charge in [0.25, 0.3) is 0 Å². The summed E-state index contributed by atoms with van der Waals surface area (Å²) in [6, 6.07) is -0.792. The summed E-state index contributed by atoms with van der Waals surface area (Å²) >= 11 is 0. The van der Waals surface area contributed by atoms with Gasteiger partial charge in [-0.3, -0.25) is 0 Å². The minimum absolute atomic E-state index is 0.102. The zero-order valence-electron chi connectivity index (χ0n) is 8.90. The van der Waals surface area contributed by atoms with Crippen molar-refractivity contribution in [2.45, 2.75) is 18.3 Å². The van der Waals surface area contributed by atoms with Crippen LogP contribution in [0.2, 0.25) is 0 Å². The fourth-order valence-corrected chi connectivity index (χ4v) is 1.41. The largest absolute Gasteiger partial charge is 0.418 e. The highest BCUT2D eigenvalue weighted by Crippen LogP contribution is 2.29. The van der Waals surface area contributed by atoms with E-state index in [-0.39, 0.29) is 11.4 Å². The number of halogens is 3. The number of ether oxygens (including phenoxy) is 1. The van der Waals surface area contributed by atoms with Gasteiger partial charge < -0.3 is 21.0 Å². The van der Waals surface area contributed by atoms with E-state index >= 15 is 0 Å². The van der Waals surface area contributed by atoms with Crippen LogP contribution < -0.4 is 11.1 Å². The van der Waals surface area contributed by atoms with Crippen molar-refractivity contribution in [1.82, 2.24) is 5.32 Å². The Kier molecular flexibility index (Phi) is 4.00. The molecule has 0 aliphatic carbocycles. The van der Waals surface area contributed by atoms with Crippen molar-refractivity contribution in [2.24, 2.45) is 10.9 Å². The first-order valence-electron chi connectivity index (χ1n) is 4.61. The van der Waals surface area contributed by atoms with Gasteiger partial charge in [-0.25, -0.2) is 0 Å². The van der Waals surface area contributed by atoms with Crippen LogP contribution in [0, 0.1) is 0 Å². The Morgan fingerprint density at radius 3 is 2.76 bits per heavy atom. The molecule has 0 saturated heterocycles. The molecule has 1 rings (SSSR count). The zero-order valence-corrected chi connectivity index (χ0v) is 8.90. The smallest absolute Gasteiger partial charge is 0.409 e. The molecule has 0 amide bonds. The molecule has 1 heterocycles. The summed E-state index contributed by atoms with van der Waals surface area (Å²) in [5.41, 5.74) is 5.20. The van der Waals surface area contributed by atoms with E-state index in [0.717, 1.165) is 7.11 Å². The minimum Gasteiger partial charge on any atom is -0.409 e. The van der Waals surface area contributed by atoms with Crippen LogP contribution in [0.5, 0.6) is 0 Å². The third kappa shape index (κ3) is 3.13. The molecule has 1 aliphatic rings. The summed E-state index contributed by atoms with van der Waals surface area (Å²) in [6.07, 6.45) is -2.84. The van der Waals surface area contributed by atoms with Gasteiger partial charge in [-0.05, 0) is 23.9 Å². The van der Waals surface area contributed by atoms with Crippen molar-refractivity contribution in [1.29, 1.82) is 0 Å². The van der Waals surface area contributed by atoms with Gasteiger partial charge in [0.2, 0.25) is 0 Å². The van der Waals surface area contributed by atoms with E-state index in [1.54, 1.807) is 0 Å². The molecule has 4 N–H and O–H groups in total. The van der Waals surface area contributed by atoms with Gasteiger partial charge >= 0.3 is 6.18 Å². The molecule has 0 fully saturated rings. The number of hydrogen-bond donors (Lipinski definition) is 3. The van der Waals surface area contributed by atoms with Crippen LogP contribution in [-0.2, 0) is 4.74 Å². The van der Waals surface area contributed by atoms with E-state index in [0.29, 0.717) is 0 Å². The molecule has 8 heteroatoms.